The van der Waals surface area contributed by atoms with E-state index in [4.69, 9.17) is 0 Å². The van der Waals surface area contributed by atoms with Crippen molar-refractivity contribution in [2.45, 2.75) is 25.9 Å². The topological polar surface area (TPSA) is 23.6 Å². The van der Waals surface area contributed by atoms with E-state index in [2.05, 4.69) is 0 Å². The second-order valence-electron chi connectivity index (χ2n) is 6.38. The zero-order valence-corrected chi connectivity index (χ0v) is 14.7. The zero-order valence-electron chi connectivity index (χ0n) is 14.7. The predicted octanol–water partition coefficient (Wildman–Crippen LogP) is 3.71. The van der Waals surface area contributed by atoms with Crippen LogP contribution < -0.4 is 0 Å². The zero-order chi connectivity index (χ0) is 17.7. The van der Waals surface area contributed by atoms with Crippen molar-refractivity contribution in [3.63, 3.8) is 0 Å². The fourth-order valence-corrected chi connectivity index (χ4v) is 2.69. The van der Waals surface area contributed by atoms with Crippen LogP contribution >= 0.6 is 0 Å². The summed E-state index contributed by atoms with van der Waals surface area (Å²) in [5.74, 6) is -0.195. The van der Waals surface area contributed by atoms with Crippen LogP contribution in [0.2, 0.25) is 0 Å². The van der Waals surface area contributed by atoms with Crippen LogP contribution in [0.5, 0.6) is 0 Å². The van der Waals surface area contributed by atoms with Gasteiger partial charge in [-0.1, -0.05) is 42.5 Å². The minimum Gasteiger partial charge on any atom is -0.342 e. The van der Waals surface area contributed by atoms with Crippen LogP contribution in [-0.2, 0) is 4.79 Å². The van der Waals surface area contributed by atoms with Gasteiger partial charge in [0.15, 0.2) is 0 Å². The van der Waals surface area contributed by atoms with E-state index in [9.17, 15) is 9.18 Å². The smallest absolute Gasteiger partial charge is 0.236 e. The summed E-state index contributed by atoms with van der Waals surface area (Å²) in [6.07, 6.45) is 0. The minimum absolute atomic E-state index is 0.0653. The van der Waals surface area contributed by atoms with Crippen LogP contribution in [0.25, 0.3) is 0 Å². The maximum Gasteiger partial charge on any atom is 0.236 e. The average molecular weight is 328 g/mol. The number of nitrogens with zero attached hydrogens (tertiary/aromatic N) is 2. The van der Waals surface area contributed by atoms with Crippen LogP contribution in [0, 0.1) is 5.82 Å². The van der Waals surface area contributed by atoms with E-state index in [1.54, 1.807) is 17.0 Å². The number of carbonyl (C=O) groups excluding carboxylic acids is 1. The summed E-state index contributed by atoms with van der Waals surface area (Å²) in [7, 11) is 3.74. The molecule has 0 heterocycles. The number of hydrogen-bond donors (Lipinski definition) is 0. The minimum atomic E-state index is -0.260. The highest BCUT2D eigenvalue weighted by atomic mass is 19.1. The van der Waals surface area contributed by atoms with Gasteiger partial charge in [-0.15, -0.1) is 0 Å². The van der Waals surface area contributed by atoms with Crippen LogP contribution in [0.3, 0.4) is 0 Å². The Balaban J connectivity index is 2.29. The molecule has 2 aromatic rings. The molecule has 2 rings (SSSR count). The molecule has 0 aliphatic carbocycles. The summed E-state index contributed by atoms with van der Waals surface area (Å²) in [4.78, 5) is 16.2. The second kappa shape index (κ2) is 8.06. The summed E-state index contributed by atoms with van der Waals surface area (Å²) in [5, 5.41) is 0. The van der Waals surface area contributed by atoms with Gasteiger partial charge in [0.2, 0.25) is 5.91 Å². The van der Waals surface area contributed by atoms with Crippen molar-refractivity contribution in [3.8, 4) is 0 Å². The quantitative estimate of drug-likeness (QED) is 0.807. The molecule has 1 amide bonds. The third kappa shape index (κ3) is 4.42. The van der Waals surface area contributed by atoms with E-state index in [1.807, 2.05) is 63.2 Å². The van der Waals surface area contributed by atoms with Crippen LogP contribution in [0.1, 0.15) is 31.0 Å². The third-order valence-electron chi connectivity index (χ3n) is 4.29. The van der Waals surface area contributed by atoms with Gasteiger partial charge >= 0.3 is 0 Å². The lowest BCUT2D eigenvalue weighted by atomic mass is 9.97. The van der Waals surface area contributed by atoms with Gasteiger partial charge in [0.1, 0.15) is 5.82 Å². The summed E-state index contributed by atoms with van der Waals surface area (Å²) in [6, 6.07) is 16.5. The standard InChI is InChI=1S/C20H25FN2O/c1-15(2)23(4)19(24)14-22(3)20(16-8-6-5-7-9-16)17-10-12-18(21)13-11-17/h5-13,15,20H,14H2,1-4H3. The normalized spacial score (nSPS) is 12.5. The molecule has 0 aromatic heterocycles. The molecule has 0 spiro atoms. The average Bonchev–Trinajstić information content (AvgIpc) is 2.57. The number of likely N-dealkylation sites (N-methyl/N-ethyl adjacent to an activating group) is 2. The number of hydrogen-bond acceptors (Lipinski definition) is 2. The van der Waals surface area contributed by atoms with Crippen LogP contribution in [0.4, 0.5) is 4.39 Å². The lowest BCUT2D eigenvalue weighted by Crippen LogP contribution is -2.41. The first kappa shape index (κ1) is 18.1. The van der Waals surface area contributed by atoms with Crippen molar-refractivity contribution in [2.75, 3.05) is 20.6 Å². The molecule has 0 aliphatic rings. The maximum absolute atomic E-state index is 13.3. The highest BCUT2D eigenvalue weighted by molar-refractivity contribution is 5.78. The number of rotatable bonds is 6. The molecule has 128 valence electrons. The van der Waals surface area contributed by atoms with Crippen LogP contribution in [-0.4, -0.2) is 42.4 Å². The molecule has 1 atom stereocenters. The van der Waals surface area contributed by atoms with Gasteiger partial charge in [-0.3, -0.25) is 9.69 Å². The van der Waals surface area contributed by atoms with Crippen molar-refractivity contribution in [1.82, 2.24) is 9.80 Å². The number of amides is 1. The van der Waals surface area contributed by atoms with Gasteiger partial charge in [-0.05, 0) is 44.2 Å². The molecular formula is C20H25FN2O. The van der Waals surface area contributed by atoms with E-state index in [0.29, 0.717) is 6.54 Å². The molecule has 3 nitrogen and oxygen atoms in total. The Morgan fingerprint density at radius 2 is 1.50 bits per heavy atom. The van der Waals surface area contributed by atoms with Gasteiger partial charge < -0.3 is 4.90 Å². The molecule has 0 saturated carbocycles. The Bertz CT molecular complexity index is 655. The second-order valence-corrected chi connectivity index (χ2v) is 6.38. The fourth-order valence-electron chi connectivity index (χ4n) is 2.69. The predicted molar refractivity (Wildman–Crippen MR) is 95.2 cm³/mol. The van der Waals surface area contributed by atoms with E-state index < -0.39 is 0 Å². The van der Waals surface area contributed by atoms with Gasteiger partial charge in [-0.2, -0.15) is 0 Å². The first-order chi connectivity index (χ1) is 11.4. The highest BCUT2D eigenvalue weighted by Gasteiger charge is 2.23. The lowest BCUT2D eigenvalue weighted by molar-refractivity contribution is -0.132. The van der Waals surface area contributed by atoms with Crippen molar-refractivity contribution >= 4 is 5.91 Å². The van der Waals surface area contributed by atoms with Gasteiger partial charge in [0.25, 0.3) is 0 Å². The molecule has 0 N–H and O–H groups in total. The Hall–Kier alpha value is -2.20. The number of benzene rings is 2. The molecule has 0 radical (unpaired) electrons. The molecule has 4 heteroatoms. The summed E-state index contributed by atoms with van der Waals surface area (Å²) < 4.78 is 13.3. The van der Waals surface area contributed by atoms with E-state index in [0.717, 1.165) is 11.1 Å². The molecule has 0 aliphatic heterocycles. The van der Waals surface area contributed by atoms with Gasteiger partial charge in [0.05, 0.1) is 12.6 Å². The SMILES string of the molecule is CC(C)N(C)C(=O)CN(C)C(c1ccccc1)c1ccc(F)cc1. The molecule has 2 aromatic carbocycles. The third-order valence-corrected chi connectivity index (χ3v) is 4.29. The Morgan fingerprint density at radius 3 is 2.04 bits per heavy atom. The first-order valence-electron chi connectivity index (χ1n) is 8.16. The van der Waals surface area contributed by atoms with E-state index in [1.165, 1.54) is 12.1 Å². The molecule has 1 unspecified atom stereocenters. The highest BCUT2D eigenvalue weighted by Crippen LogP contribution is 2.27. The Kier molecular flexibility index (Phi) is 6.10. The van der Waals surface area contributed by atoms with Crippen molar-refractivity contribution in [1.29, 1.82) is 0 Å². The lowest BCUT2D eigenvalue weighted by Gasteiger charge is -2.31. The van der Waals surface area contributed by atoms with Crippen molar-refractivity contribution in [2.24, 2.45) is 0 Å². The fraction of sp³-hybridized carbons (Fsp3) is 0.350. The summed E-state index contributed by atoms with van der Waals surface area (Å²) >= 11 is 0. The number of carbonyl (C=O) groups is 1. The summed E-state index contributed by atoms with van der Waals surface area (Å²) in [6.45, 7) is 4.28. The Morgan fingerprint density at radius 1 is 0.958 bits per heavy atom. The number of halogens is 1. The van der Waals surface area contributed by atoms with E-state index in [-0.39, 0.29) is 23.8 Å². The van der Waals surface area contributed by atoms with Crippen LogP contribution in [0.15, 0.2) is 54.6 Å². The van der Waals surface area contributed by atoms with Crippen molar-refractivity contribution < 1.29 is 9.18 Å². The first-order valence-corrected chi connectivity index (χ1v) is 8.16. The molecular weight excluding hydrogens is 303 g/mol. The molecule has 0 fully saturated rings. The summed E-state index contributed by atoms with van der Waals surface area (Å²) in [5.41, 5.74) is 2.04. The maximum atomic E-state index is 13.3. The van der Waals surface area contributed by atoms with E-state index >= 15 is 0 Å². The van der Waals surface area contributed by atoms with Gasteiger partial charge in [-0.25, -0.2) is 4.39 Å². The molecule has 24 heavy (non-hydrogen) atoms. The Labute approximate surface area is 143 Å². The largest absolute Gasteiger partial charge is 0.342 e. The molecule has 0 saturated heterocycles. The van der Waals surface area contributed by atoms with Gasteiger partial charge in [0, 0.05) is 13.1 Å². The monoisotopic (exact) mass is 328 g/mol. The molecule has 0 bridgehead atoms. The van der Waals surface area contributed by atoms with Crippen molar-refractivity contribution in [3.05, 3.63) is 71.5 Å².